The number of nitrogens with zero attached hydrogens (tertiary/aromatic N) is 2. The Morgan fingerprint density at radius 2 is 1.79 bits per heavy atom. The standard InChI is InChI=1S/C14H30N4O/c1-14(2,3)16-12-13(19)15-6-5-7-18-10-8-17(4)9-11-18/h16H,5-12H2,1-4H3,(H,15,19). The van der Waals surface area contributed by atoms with Gasteiger partial charge in [0.05, 0.1) is 6.54 Å². The molecule has 0 saturated carbocycles. The number of piperazine rings is 1. The van der Waals surface area contributed by atoms with Gasteiger partial charge in [-0.15, -0.1) is 0 Å². The molecule has 2 N–H and O–H groups in total. The molecule has 0 bridgehead atoms. The average molecular weight is 270 g/mol. The molecule has 19 heavy (non-hydrogen) atoms. The van der Waals surface area contributed by atoms with Crippen molar-refractivity contribution in [1.29, 1.82) is 0 Å². The van der Waals surface area contributed by atoms with Gasteiger partial charge in [0.2, 0.25) is 5.91 Å². The number of hydrogen-bond acceptors (Lipinski definition) is 4. The summed E-state index contributed by atoms with van der Waals surface area (Å²) in [6.07, 6.45) is 1.03. The van der Waals surface area contributed by atoms with Crippen molar-refractivity contribution in [3.63, 3.8) is 0 Å². The maximum atomic E-state index is 11.6. The molecule has 1 aliphatic rings. The van der Waals surface area contributed by atoms with E-state index in [1.54, 1.807) is 0 Å². The topological polar surface area (TPSA) is 47.6 Å². The lowest BCUT2D eigenvalue weighted by molar-refractivity contribution is -0.120. The Balaban J connectivity index is 2.00. The minimum absolute atomic E-state index is 0.00281. The van der Waals surface area contributed by atoms with Gasteiger partial charge in [0.1, 0.15) is 0 Å². The number of carbonyl (C=O) groups is 1. The number of rotatable bonds is 6. The summed E-state index contributed by atoms with van der Waals surface area (Å²) in [5.74, 6) is 0.0910. The first kappa shape index (κ1) is 16.4. The van der Waals surface area contributed by atoms with Gasteiger partial charge in [0.25, 0.3) is 0 Å². The highest BCUT2D eigenvalue weighted by Gasteiger charge is 2.13. The molecule has 0 spiro atoms. The SMILES string of the molecule is CN1CCN(CCCNC(=O)CNC(C)(C)C)CC1. The van der Waals surface area contributed by atoms with Crippen LogP contribution >= 0.6 is 0 Å². The van der Waals surface area contributed by atoms with Crippen LogP contribution in [0.25, 0.3) is 0 Å². The quantitative estimate of drug-likeness (QED) is 0.674. The normalized spacial score (nSPS) is 18.5. The molecular formula is C14H30N4O. The van der Waals surface area contributed by atoms with E-state index in [0.29, 0.717) is 6.54 Å². The smallest absolute Gasteiger partial charge is 0.233 e. The zero-order valence-electron chi connectivity index (χ0n) is 13.0. The zero-order valence-corrected chi connectivity index (χ0v) is 13.0. The van der Waals surface area contributed by atoms with Crippen LogP contribution in [-0.4, -0.2) is 74.1 Å². The molecule has 1 heterocycles. The third-order valence-corrected chi connectivity index (χ3v) is 3.35. The van der Waals surface area contributed by atoms with Crippen molar-refractivity contribution in [3.05, 3.63) is 0 Å². The van der Waals surface area contributed by atoms with Gasteiger partial charge in [-0.05, 0) is 40.8 Å². The Hall–Kier alpha value is -0.650. The monoisotopic (exact) mass is 270 g/mol. The molecule has 1 fully saturated rings. The fourth-order valence-corrected chi connectivity index (χ4v) is 2.01. The molecule has 5 nitrogen and oxygen atoms in total. The summed E-state index contributed by atoms with van der Waals surface area (Å²) in [6.45, 7) is 13.1. The lowest BCUT2D eigenvalue weighted by Gasteiger charge is -2.32. The van der Waals surface area contributed by atoms with Crippen LogP contribution < -0.4 is 10.6 Å². The van der Waals surface area contributed by atoms with Crippen molar-refractivity contribution < 1.29 is 4.79 Å². The summed E-state index contributed by atoms with van der Waals surface area (Å²) in [5, 5.41) is 6.15. The maximum Gasteiger partial charge on any atom is 0.233 e. The van der Waals surface area contributed by atoms with Crippen LogP contribution in [0.1, 0.15) is 27.2 Å². The van der Waals surface area contributed by atoms with Crippen LogP contribution in [0.15, 0.2) is 0 Å². The van der Waals surface area contributed by atoms with E-state index in [2.05, 4.69) is 48.3 Å². The van der Waals surface area contributed by atoms with E-state index in [0.717, 1.165) is 45.7 Å². The molecule has 1 amide bonds. The van der Waals surface area contributed by atoms with Gasteiger partial charge < -0.3 is 20.4 Å². The lowest BCUT2D eigenvalue weighted by Crippen LogP contribution is -2.46. The molecule has 0 aromatic rings. The summed E-state index contributed by atoms with van der Waals surface area (Å²) in [7, 11) is 2.17. The van der Waals surface area contributed by atoms with Gasteiger partial charge in [-0.2, -0.15) is 0 Å². The first-order chi connectivity index (χ1) is 8.87. The van der Waals surface area contributed by atoms with E-state index in [1.807, 2.05) is 0 Å². The molecule has 0 aromatic carbocycles. The van der Waals surface area contributed by atoms with Crippen molar-refractivity contribution in [2.45, 2.75) is 32.7 Å². The Kier molecular flexibility index (Phi) is 6.75. The van der Waals surface area contributed by atoms with E-state index >= 15 is 0 Å². The number of hydrogen-bond donors (Lipinski definition) is 2. The fraction of sp³-hybridized carbons (Fsp3) is 0.929. The fourth-order valence-electron chi connectivity index (χ4n) is 2.01. The molecular weight excluding hydrogens is 240 g/mol. The van der Waals surface area contributed by atoms with Gasteiger partial charge in [0.15, 0.2) is 0 Å². The first-order valence-electron chi connectivity index (χ1n) is 7.29. The van der Waals surface area contributed by atoms with Gasteiger partial charge in [0, 0.05) is 38.3 Å². The maximum absolute atomic E-state index is 11.6. The predicted molar refractivity (Wildman–Crippen MR) is 79.3 cm³/mol. The number of carbonyl (C=O) groups excluding carboxylic acids is 1. The van der Waals surface area contributed by atoms with E-state index in [-0.39, 0.29) is 11.4 Å². The predicted octanol–water partition coefficient (Wildman–Crippen LogP) is 0.128. The van der Waals surface area contributed by atoms with Crippen molar-refractivity contribution in [1.82, 2.24) is 20.4 Å². The van der Waals surface area contributed by atoms with Crippen LogP contribution in [0.3, 0.4) is 0 Å². The highest BCUT2D eigenvalue weighted by Crippen LogP contribution is 1.99. The van der Waals surface area contributed by atoms with Crippen molar-refractivity contribution in [2.24, 2.45) is 0 Å². The van der Waals surface area contributed by atoms with Gasteiger partial charge in [-0.3, -0.25) is 4.79 Å². The lowest BCUT2D eigenvalue weighted by atomic mass is 10.1. The molecule has 0 unspecified atom stereocenters. The van der Waals surface area contributed by atoms with E-state index in [1.165, 1.54) is 0 Å². The van der Waals surface area contributed by atoms with Crippen LogP contribution in [0.5, 0.6) is 0 Å². The first-order valence-corrected chi connectivity index (χ1v) is 7.29. The van der Waals surface area contributed by atoms with E-state index in [4.69, 9.17) is 0 Å². The Morgan fingerprint density at radius 3 is 2.37 bits per heavy atom. The molecule has 0 atom stereocenters. The van der Waals surface area contributed by atoms with Crippen molar-refractivity contribution in [3.8, 4) is 0 Å². The second kappa shape index (κ2) is 7.82. The molecule has 112 valence electrons. The molecule has 1 saturated heterocycles. The average Bonchev–Trinajstić information content (AvgIpc) is 2.33. The number of nitrogens with one attached hydrogen (secondary N) is 2. The van der Waals surface area contributed by atoms with Gasteiger partial charge in [-0.25, -0.2) is 0 Å². The van der Waals surface area contributed by atoms with Crippen LogP contribution in [-0.2, 0) is 4.79 Å². The zero-order chi connectivity index (χ0) is 14.3. The highest BCUT2D eigenvalue weighted by molar-refractivity contribution is 5.78. The van der Waals surface area contributed by atoms with E-state index in [9.17, 15) is 4.79 Å². The molecule has 0 radical (unpaired) electrons. The van der Waals surface area contributed by atoms with Crippen LogP contribution in [0.4, 0.5) is 0 Å². The molecule has 0 aromatic heterocycles. The summed E-state index contributed by atoms with van der Waals surface area (Å²) in [4.78, 5) is 16.4. The largest absolute Gasteiger partial charge is 0.355 e. The number of likely N-dealkylation sites (N-methyl/N-ethyl adjacent to an activating group) is 1. The molecule has 1 aliphatic heterocycles. The molecule has 0 aliphatic carbocycles. The highest BCUT2D eigenvalue weighted by atomic mass is 16.1. The second-order valence-electron chi connectivity index (χ2n) is 6.45. The van der Waals surface area contributed by atoms with Gasteiger partial charge in [-0.1, -0.05) is 0 Å². The number of amides is 1. The van der Waals surface area contributed by atoms with Gasteiger partial charge >= 0.3 is 0 Å². The van der Waals surface area contributed by atoms with Crippen molar-refractivity contribution in [2.75, 3.05) is 52.9 Å². The summed E-state index contributed by atoms with van der Waals surface area (Å²) in [5.41, 5.74) is -0.00281. The molecule has 1 rings (SSSR count). The van der Waals surface area contributed by atoms with Crippen molar-refractivity contribution >= 4 is 5.91 Å². The second-order valence-corrected chi connectivity index (χ2v) is 6.45. The summed E-state index contributed by atoms with van der Waals surface area (Å²) in [6, 6.07) is 0. The Morgan fingerprint density at radius 1 is 1.16 bits per heavy atom. The van der Waals surface area contributed by atoms with Crippen LogP contribution in [0, 0.1) is 0 Å². The summed E-state index contributed by atoms with van der Waals surface area (Å²) < 4.78 is 0. The minimum Gasteiger partial charge on any atom is -0.355 e. The molecule has 5 heteroatoms. The third-order valence-electron chi connectivity index (χ3n) is 3.35. The van der Waals surface area contributed by atoms with Crippen LogP contribution in [0.2, 0.25) is 0 Å². The Bertz CT molecular complexity index is 267. The van der Waals surface area contributed by atoms with E-state index < -0.39 is 0 Å². The Labute approximate surface area is 117 Å². The summed E-state index contributed by atoms with van der Waals surface area (Å²) >= 11 is 0. The minimum atomic E-state index is -0.00281. The third kappa shape index (κ3) is 8.18.